The van der Waals surface area contributed by atoms with Crippen LogP contribution in [0.4, 0.5) is 0 Å². The van der Waals surface area contributed by atoms with E-state index < -0.39 is 6.10 Å². The van der Waals surface area contributed by atoms with Crippen LogP contribution in [0.15, 0.2) is 60.7 Å². The number of rotatable bonds is 9. The number of benzene rings is 3. The summed E-state index contributed by atoms with van der Waals surface area (Å²) < 4.78 is 17.3. The third-order valence-electron chi connectivity index (χ3n) is 7.61. The van der Waals surface area contributed by atoms with Crippen LogP contribution in [0.1, 0.15) is 20.7 Å². The average Bonchev–Trinajstić information content (AvgIpc) is 2.96. The van der Waals surface area contributed by atoms with Crippen LogP contribution in [0.5, 0.6) is 11.5 Å². The van der Waals surface area contributed by atoms with Gasteiger partial charge in [-0.1, -0.05) is 36.4 Å². The van der Waals surface area contributed by atoms with Gasteiger partial charge >= 0.3 is 0 Å². The molecule has 3 aromatic carbocycles. The molecule has 0 spiro atoms. The van der Waals surface area contributed by atoms with Gasteiger partial charge in [0.25, 0.3) is 11.8 Å². The minimum atomic E-state index is -0.597. The minimum absolute atomic E-state index is 0.198. The van der Waals surface area contributed by atoms with E-state index >= 15 is 0 Å². The Labute approximate surface area is 227 Å². The van der Waals surface area contributed by atoms with E-state index in [9.17, 15) is 14.7 Å². The quantitative estimate of drug-likeness (QED) is 0.421. The van der Waals surface area contributed by atoms with Gasteiger partial charge in [-0.3, -0.25) is 24.3 Å². The Morgan fingerprint density at radius 3 is 2.23 bits per heavy atom. The summed E-state index contributed by atoms with van der Waals surface area (Å²) >= 11 is 0. The Bertz CT molecular complexity index is 1300. The van der Waals surface area contributed by atoms with E-state index in [0.29, 0.717) is 49.7 Å². The molecule has 3 aliphatic rings. The van der Waals surface area contributed by atoms with E-state index in [2.05, 4.69) is 9.80 Å². The van der Waals surface area contributed by atoms with Crippen LogP contribution in [0.25, 0.3) is 10.8 Å². The predicted molar refractivity (Wildman–Crippen MR) is 145 cm³/mol. The van der Waals surface area contributed by atoms with E-state index in [1.54, 1.807) is 12.1 Å². The molecule has 9 nitrogen and oxygen atoms in total. The number of nitrogens with zero attached hydrogens (tertiary/aromatic N) is 3. The maximum Gasteiger partial charge on any atom is 0.261 e. The Kier molecular flexibility index (Phi) is 7.47. The molecule has 0 aliphatic carbocycles. The van der Waals surface area contributed by atoms with E-state index in [4.69, 9.17) is 14.2 Å². The van der Waals surface area contributed by atoms with Crippen molar-refractivity contribution in [2.45, 2.75) is 12.2 Å². The third kappa shape index (κ3) is 5.49. The van der Waals surface area contributed by atoms with Crippen molar-refractivity contribution in [3.63, 3.8) is 0 Å². The number of hydrogen-bond donors (Lipinski definition) is 1. The molecular formula is C30H33N3O6. The van der Waals surface area contributed by atoms with Gasteiger partial charge in [-0.2, -0.15) is 0 Å². The fourth-order valence-electron chi connectivity index (χ4n) is 5.55. The van der Waals surface area contributed by atoms with Crippen molar-refractivity contribution in [1.82, 2.24) is 14.7 Å². The molecule has 3 aromatic rings. The first kappa shape index (κ1) is 25.8. The highest BCUT2D eigenvalue weighted by Crippen LogP contribution is 2.31. The highest BCUT2D eigenvalue weighted by atomic mass is 16.6. The first-order chi connectivity index (χ1) is 19.1. The lowest BCUT2D eigenvalue weighted by molar-refractivity contribution is -0.0321. The lowest BCUT2D eigenvalue weighted by Crippen LogP contribution is -2.51. The van der Waals surface area contributed by atoms with Crippen molar-refractivity contribution < 1.29 is 28.9 Å². The molecule has 1 N–H and O–H groups in total. The normalized spacial score (nSPS) is 20.4. The van der Waals surface area contributed by atoms with Gasteiger partial charge in [-0.25, -0.2) is 0 Å². The molecule has 0 aromatic heterocycles. The van der Waals surface area contributed by atoms with Gasteiger partial charge in [-0.15, -0.1) is 0 Å². The summed E-state index contributed by atoms with van der Waals surface area (Å²) in [6, 6.07) is 18.8. The highest BCUT2D eigenvalue weighted by Gasteiger charge is 2.33. The van der Waals surface area contributed by atoms with Crippen LogP contribution < -0.4 is 9.47 Å². The fraction of sp³-hybridized carbons (Fsp3) is 0.400. The maximum absolute atomic E-state index is 13.1. The van der Waals surface area contributed by atoms with Crippen molar-refractivity contribution in [2.24, 2.45) is 0 Å². The van der Waals surface area contributed by atoms with Gasteiger partial charge in [0, 0.05) is 62.3 Å². The van der Waals surface area contributed by atoms with Gasteiger partial charge in [0.15, 0.2) is 17.6 Å². The van der Waals surface area contributed by atoms with Gasteiger partial charge in [0.1, 0.15) is 6.61 Å². The summed E-state index contributed by atoms with van der Waals surface area (Å²) in [6.45, 7) is 5.74. The first-order valence-electron chi connectivity index (χ1n) is 13.5. The molecule has 1 fully saturated rings. The van der Waals surface area contributed by atoms with E-state index in [1.807, 2.05) is 48.5 Å². The molecule has 9 heteroatoms. The van der Waals surface area contributed by atoms with Crippen LogP contribution >= 0.6 is 0 Å². The van der Waals surface area contributed by atoms with Gasteiger partial charge in [-0.05, 0) is 29.7 Å². The number of carbonyl (C=O) groups is 2. The molecule has 39 heavy (non-hydrogen) atoms. The molecular weight excluding hydrogens is 498 g/mol. The number of aliphatic hydroxyl groups is 1. The summed E-state index contributed by atoms with van der Waals surface area (Å²) in [5, 5.41) is 12.2. The third-order valence-corrected chi connectivity index (χ3v) is 7.61. The first-order valence-corrected chi connectivity index (χ1v) is 13.5. The zero-order valence-corrected chi connectivity index (χ0v) is 21.8. The van der Waals surface area contributed by atoms with E-state index in [1.165, 1.54) is 4.90 Å². The van der Waals surface area contributed by atoms with Crippen molar-refractivity contribution in [3.05, 3.63) is 71.8 Å². The monoisotopic (exact) mass is 531 g/mol. The molecule has 3 heterocycles. The Morgan fingerprint density at radius 1 is 0.846 bits per heavy atom. The number of aliphatic hydroxyl groups excluding tert-OH is 1. The number of fused-ring (bicyclic) bond motifs is 1. The summed E-state index contributed by atoms with van der Waals surface area (Å²) in [6.07, 6.45) is -0.796. The number of β-amino-alcohol motifs (C(OH)–C–C–N with tert-alkyl or cyclic N) is 1. The number of hydrogen-bond acceptors (Lipinski definition) is 8. The standard InChI is InChI=1S/C30H33N3O6/c34-22(18-37-19-23-20-38-26-9-1-2-10-27(26)39-23)17-32-13-11-31(12-14-32)15-16-33-29(35)24-7-3-5-21-6-4-8-25(28(21)24)30(33)36/h1-10,22-23,34H,11-20H2/t22-,23+/m0/s1. The summed E-state index contributed by atoms with van der Waals surface area (Å²) in [5.74, 6) is 1.01. The van der Waals surface area contributed by atoms with Crippen LogP contribution in [-0.4, -0.2) is 109 Å². The number of imide groups is 1. The fourth-order valence-corrected chi connectivity index (χ4v) is 5.55. The van der Waals surface area contributed by atoms with Crippen LogP contribution in [-0.2, 0) is 4.74 Å². The van der Waals surface area contributed by atoms with Crippen molar-refractivity contribution in [2.75, 3.05) is 65.6 Å². The predicted octanol–water partition coefficient (Wildman–Crippen LogP) is 2.27. The SMILES string of the molecule is O=C1c2cccc3cccc(c23)C(=O)N1CCN1CCN(C[C@H](O)COC[C@@H]2COc3ccccc3O2)CC1. The molecule has 1 saturated heterocycles. The molecule has 2 atom stereocenters. The lowest BCUT2D eigenvalue weighted by atomic mass is 9.94. The van der Waals surface area contributed by atoms with Crippen molar-refractivity contribution in [1.29, 1.82) is 0 Å². The van der Waals surface area contributed by atoms with Gasteiger partial charge in [0.2, 0.25) is 0 Å². The second kappa shape index (κ2) is 11.3. The highest BCUT2D eigenvalue weighted by molar-refractivity contribution is 6.25. The summed E-state index contributed by atoms with van der Waals surface area (Å²) in [5.41, 5.74) is 1.19. The summed E-state index contributed by atoms with van der Waals surface area (Å²) in [4.78, 5) is 32.1. The Morgan fingerprint density at radius 2 is 1.51 bits per heavy atom. The second-order valence-electron chi connectivity index (χ2n) is 10.3. The van der Waals surface area contributed by atoms with Crippen LogP contribution in [0.2, 0.25) is 0 Å². The second-order valence-corrected chi connectivity index (χ2v) is 10.3. The number of carbonyl (C=O) groups excluding carboxylic acids is 2. The zero-order chi connectivity index (χ0) is 26.8. The molecule has 0 radical (unpaired) electrons. The van der Waals surface area contributed by atoms with Crippen molar-refractivity contribution >= 4 is 22.6 Å². The van der Waals surface area contributed by atoms with E-state index in [-0.39, 0.29) is 24.5 Å². The Balaban J connectivity index is 0.921. The lowest BCUT2D eigenvalue weighted by Gasteiger charge is -2.36. The number of ether oxygens (including phenoxy) is 3. The molecule has 2 amide bonds. The minimum Gasteiger partial charge on any atom is -0.486 e. The topological polar surface area (TPSA) is 91.8 Å². The number of piperazine rings is 1. The molecule has 0 unspecified atom stereocenters. The van der Waals surface area contributed by atoms with Crippen LogP contribution in [0.3, 0.4) is 0 Å². The molecule has 0 bridgehead atoms. The number of para-hydroxylation sites is 2. The van der Waals surface area contributed by atoms with Crippen molar-refractivity contribution in [3.8, 4) is 11.5 Å². The average molecular weight is 532 g/mol. The number of amides is 2. The summed E-state index contributed by atoms with van der Waals surface area (Å²) in [7, 11) is 0. The molecule has 6 rings (SSSR count). The zero-order valence-electron chi connectivity index (χ0n) is 21.8. The van der Waals surface area contributed by atoms with Gasteiger partial charge < -0.3 is 19.3 Å². The largest absolute Gasteiger partial charge is 0.486 e. The Hall–Kier alpha value is -3.50. The van der Waals surface area contributed by atoms with Crippen LogP contribution in [0, 0.1) is 0 Å². The molecule has 204 valence electrons. The maximum atomic E-state index is 13.1. The molecule has 0 saturated carbocycles. The van der Waals surface area contributed by atoms with Gasteiger partial charge in [0.05, 0.1) is 19.3 Å². The van der Waals surface area contributed by atoms with E-state index in [0.717, 1.165) is 42.7 Å². The molecule has 3 aliphatic heterocycles. The smallest absolute Gasteiger partial charge is 0.261 e.